The maximum Gasteiger partial charge on any atom is 0.534 e. The molecule has 0 saturated carbocycles. The highest BCUT2D eigenvalue weighted by Gasteiger charge is 2.48. The van der Waals surface area contributed by atoms with Gasteiger partial charge >= 0.3 is 15.6 Å². The number of carbonyl (C=O) groups is 1. The van der Waals surface area contributed by atoms with Gasteiger partial charge in [-0.1, -0.05) is 22.0 Å². The summed E-state index contributed by atoms with van der Waals surface area (Å²) < 4.78 is 61.9. The molecule has 0 atom stereocenters. The van der Waals surface area contributed by atoms with Gasteiger partial charge in [0.25, 0.3) is 0 Å². The number of aromatic carboxylic acids is 1. The number of hydrogen-bond donors (Lipinski definition) is 0. The van der Waals surface area contributed by atoms with E-state index in [2.05, 4.69) is 20.1 Å². The molecule has 19 heavy (non-hydrogen) atoms. The molecule has 106 valence electrons. The Kier molecular flexibility index (Phi) is 4.46. The first-order chi connectivity index (χ1) is 8.58. The minimum Gasteiger partial charge on any atom is -0.545 e. The summed E-state index contributed by atoms with van der Waals surface area (Å²) in [7, 11) is -5.94. The molecule has 0 aliphatic heterocycles. The fraction of sp³-hybridized carbons (Fsp3) is 0.222. The zero-order valence-corrected chi connectivity index (χ0v) is 11.3. The zero-order chi connectivity index (χ0) is 14.8. The van der Waals surface area contributed by atoms with E-state index in [4.69, 9.17) is 0 Å². The molecule has 0 aliphatic rings. The molecule has 1 aromatic carbocycles. The molecule has 0 aromatic heterocycles. The van der Waals surface area contributed by atoms with Crippen LogP contribution in [0.15, 0.2) is 18.2 Å². The Hall–Kier alpha value is -1.29. The summed E-state index contributed by atoms with van der Waals surface area (Å²) in [4.78, 5) is 10.7. The number of rotatable bonds is 4. The Labute approximate surface area is 114 Å². The third kappa shape index (κ3) is 3.60. The summed E-state index contributed by atoms with van der Waals surface area (Å²) in [5.41, 5.74) is -6.12. The van der Waals surface area contributed by atoms with Gasteiger partial charge in [0.15, 0.2) is 5.75 Å². The highest BCUT2D eigenvalue weighted by atomic mass is 79.9. The largest absolute Gasteiger partial charge is 0.545 e. The van der Waals surface area contributed by atoms with Crippen LogP contribution in [0.3, 0.4) is 0 Å². The Bertz CT molecular complexity index is 596. The average molecular weight is 362 g/mol. The van der Waals surface area contributed by atoms with Crippen molar-refractivity contribution in [3.05, 3.63) is 29.3 Å². The van der Waals surface area contributed by atoms with Gasteiger partial charge in [-0.15, -0.1) is 0 Å². The van der Waals surface area contributed by atoms with E-state index >= 15 is 0 Å². The first kappa shape index (κ1) is 15.8. The summed E-state index contributed by atoms with van der Waals surface area (Å²) in [6.07, 6.45) is 0. The van der Waals surface area contributed by atoms with E-state index in [1.54, 1.807) is 0 Å². The van der Waals surface area contributed by atoms with E-state index in [1.807, 2.05) is 0 Å². The van der Waals surface area contributed by atoms with Crippen molar-refractivity contribution in [1.82, 2.24) is 0 Å². The Morgan fingerprint density at radius 2 is 1.95 bits per heavy atom. The van der Waals surface area contributed by atoms with E-state index in [-0.39, 0.29) is 5.33 Å². The molecule has 0 spiro atoms. The van der Waals surface area contributed by atoms with Crippen LogP contribution in [0.25, 0.3) is 0 Å². The van der Waals surface area contributed by atoms with Crippen molar-refractivity contribution < 1.29 is 35.7 Å². The minimum atomic E-state index is -5.94. The van der Waals surface area contributed by atoms with E-state index in [0.29, 0.717) is 5.56 Å². The fourth-order valence-corrected chi connectivity index (χ4v) is 1.87. The SMILES string of the molecule is O=C([O-])c1ccc(CBr)cc1OS(=O)(=O)C(F)(F)F. The standard InChI is InChI=1S/C9H6BrF3O5S/c10-4-5-1-2-6(8(14)15)7(3-5)18-19(16,17)9(11,12)13/h1-3H,4H2,(H,14,15)/p-1. The maximum atomic E-state index is 12.1. The second-order valence-corrected chi connectivity index (χ2v) is 5.33. The summed E-state index contributed by atoms with van der Waals surface area (Å²) in [6.45, 7) is 0. The Morgan fingerprint density at radius 1 is 1.37 bits per heavy atom. The topological polar surface area (TPSA) is 83.5 Å². The molecule has 5 nitrogen and oxygen atoms in total. The van der Waals surface area contributed by atoms with Crippen molar-refractivity contribution in [3.63, 3.8) is 0 Å². The molecule has 0 fully saturated rings. The molecular weight excluding hydrogens is 357 g/mol. The van der Waals surface area contributed by atoms with Gasteiger partial charge in [0, 0.05) is 10.9 Å². The summed E-state index contributed by atoms with van der Waals surface area (Å²) in [5.74, 6) is -2.80. The lowest BCUT2D eigenvalue weighted by atomic mass is 10.1. The average Bonchev–Trinajstić information content (AvgIpc) is 2.26. The van der Waals surface area contributed by atoms with E-state index < -0.39 is 32.9 Å². The number of carbonyl (C=O) groups excluding carboxylic acids is 1. The van der Waals surface area contributed by atoms with Crippen LogP contribution in [0, 0.1) is 0 Å². The minimum absolute atomic E-state index is 0.169. The van der Waals surface area contributed by atoms with Gasteiger partial charge in [-0.3, -0.25) is 0 Å². The van der Waals surface area contributed by atoms with Crippen molar-refractivity contribution >= 4 is 32.0 Å². The van der Waals surface area contributed by atoms with Crippen molar-refractivity contribution in [3.8, 4) is 5.75 Å². The summed E-state index contributed by atoms with van der Waals surface area (Å²) in [5, 5.41) is 10.8. The van der Waals surface area contributed by atoms with Crippen LogP contribution in [-0.2, 0) is 15.4 Å². The lowest BCUT2D eigenvalue weighted by molar-refractivity contribution is -0.255. The van der Waals surface area contributed by atoms with Crippen molar-refractivity contribution in [1.29, 1.82) is 0 Å². The Balaban J connectivity index is 3.30. The molecule has 1 aromatic rings. The smallest absolute Gasteiger partial charge is 0.534 e. The quantitative estimate of drug-likeness (QED) is 0.456. The summed E-state index contributed by atoms with van der Waals surface area (Å²) >= 11 is 2.98. The number of alkyl halides is 4. The predicted molar refractivity (Wildman–Crippen MR) is 59.0 cm³/mol. The lowest BCUT2D eigenvalue weighted by Gasteiger charge is -2.14. The molecule has 0 amide bonds. The number of carboxylic acid groups (broad SMARTS) is 1. The maximum absolute atomic E-state index is 12.1. The van der Waals surface area contributed by atoms with Gasteiger partial charge in [-0.05, 0) is 17.7 Å². The molecule has 0 N–H and O–H groups in total. The number of benzene rings is 1. The van der Waals surface area contributed by atoms with Crippen LogP contribution in [0.5, 0.6) is 5.75 Å². The van der Waals surface area contributed by atoms with Gasteiger partial charge in [0.05, 0.1) is 5.97 Å². The van der Waals surface area contributed by atoms with Crippen LogP contribution >= 0.6 is 15.9 Å². The highest BCUT2D eigenvalue weighted by Crippen LogP contribution is 2.29. The second kappa shape index (κ2) is 5.37. The van der Waals surface area contributed by atoms with Crippen LogP contribution < -0.4 is 9.29 Å². The fourth-order valence-electron chi connectivity index (χ4n) is 1.05. The third-order valence-corrected chi connectivity index (χ3v) is 3.52. The second-order valence-electron chi connectivity index (χ2n) is 3.23. The Morgan fingerprint density at radius 3 is 2.37 bits per heavy atom. The molecule has 0 unspecified atom stereocenters. The number of carboxylic acids is 1. The lowest BCUT2D eigenvalue weighted by Crippen LogP contribution is -2.30. The zero-order valence-electron chi connectivity index (χ0n) is 8.90. The molecule has 10 heteroatoms. The van der Waals surface area contributed by atoms with Crippen LogP contribution in [0.2, 0.25) is 0 Å². The van der Waals surface area contributed by atoms with Gasteiger partial charge in [-0.25, -0.2) is 0 Å². The molecule has 0 saturated heterocycles. The molecule has 0 radical (unpaired) electrons. The normalized spacial score (nSPS) is 12.2. The van der Waals surface area contributed by atoms with Crippen LogP contribution in [0.1, 0.15) is 15.9 Å². The third-order valence-electron chi connectivity index (χ3n) is 1.90. The van der Waals surface area contributed by atoms with Gasteiger partial charge < -0.3 is 14.1 Å². The van der Waals surface area contributed by atoms with Gasteiger partial charge in [0.1, 0.15) is 0 Å². The first-order valence-corrected chi connectivity index (χ1v) is 7.02. The van der Waals surface area contributed by atoms with Gasteiger partial charge in [-0.2, -0.15) is 21.6 Å². The summed E-state index contributed by atoms with van der Waals surface area (Å²) in [6, 6.07) is 3.03. The number of hydrogen-bond acceptors (Lipinski definition) is 5. The van der Waals surface area contributed by atoms with E-state index in [1.165, 1.54) is 6.07 Å². The first-order valence-electron chi connectivity index (χ1n) is 4.49. The predicted octanol–water partition coefficient (Wildman–Crippen LogP) is 1.17. The van der Waals surface area contributed by atoms with Crippen LogP contribution in [0.4, 0.5) is 13.2 Å². The molecular formula is C9H5BrF3O5S-. The van der Waals surface area contributed by atoms with Gasteiger partial charge in [0.2, 0.25) is 0 Å². The van der Waals surface area contributed by atoms with Crippen molar-refractivity contribution in [2.24, 2.45) is 0 Å². The van der Waals surface area contributed by atoms with Crippen molar-refractivity contribution in [2.45, 2.75) is 10.8 Å². The van der Waals surface area contributed by atoms with Crippen LogP contribution in [-0.4, -0.2) is 19.9 Å². The van der Waals surface area contributed by atoms with Crippen molar-refractivity contribution in [2.75, 3.05) is 0 Å². The molecule has 0 aliphatic carbocycles. The molecule has 0 bridgehead atoms. The van der Waals surface area contributed by atoms with E-state index in [9.17, 15) is 31.5 Å². The molecule has 1 rings (SSSR count). The number of halogens is 4. The highest BCUT2D eigenvalue weighted by molar-refractivity contribution is 9.08. The monoisotopic (exact) mass is 361 g/mol. The van der Waals surface area contributed by atoms with E-state index in [0.717, 1.165) is 12.1 Å². The molecule has 0 heterocycles.